The quantitative estimate of drug-likeness (QED) is 0.480. The molecule has 0 bridgehead atoms. The summed E-state index contributed by atoms with van der Waals surface area (Å²) in [7, 11) is 0. The fraction of sp³-hybridized carbons (Fsp3) is 0.600. The summed E-state index contributed by atoms with van der Waals surface area (Å²) in [4.78, 5) is 0. The third kappa shape index (κ3) is 6.64. The second-order valence-corrected chi connectivity index (χ2v) is 5.30. The van der Waals surface area contributed by atoms with Crippen molar-refractivity contribution in [3.8, 4) is 0 Å². The summed E-state index contributed by atoms with van der Waals surface area (Å²) >= 11 is 1.80. The maximum absolute atomic E-state index is 3.76. The van der Waals surface area contributed by atoms with Gasteiger partial charge in [-0.05, 0) is 54.6 Å². The van der Waals surface area contributed by atoms with E-state index in [0.29, 0.717) is 6.04 Å². The molecule has 1 atom stereocenters. The molecule has 1 unspecified atom stereocenters. The van der Waals surface area contributed by atoms with E-state index in [1.807, 2.05) is 6.08 Å². The van der Waals surface area contributed by atoms with Crippen LogP contribution in [0.15, 0.2) is 29.5 Å². The first-order chi connectivity index (χ1) is 8.36. The molecule has 0 fully saturated rings. The highest BCUT2D eigenvalue weighted by atomic mass is 32.1. The highest BCUT2D eigenvalue weighted by Gasteiger charge is 2.08. The van der Waals surface area contributed by atoms with Gasteiger partial charge in [0, 0.05) is 6.04 Å². The van der Waals surface area contributed by atoms with E-state index in [4.69, 9.17) is 0 Å². The molecule has 1 N–H and O–H groups in total. The number of unbranched alkanes of at least 4 members (excludes halogenated alkanes) is 3. The largest absolute Gasteiger partial charge is 0.314 e. The predicted octanol–water partition coefficient (Wildman–Crippen LogP) is 4.41. The minimum Gasteiger partial charge on any atom is -0.314 e. The number of rotatable bonds is 10. The smallest absolute Gasteiger partial charge is 0.0108 e. The second kappa shape index (κ2) is 9.43. The molecule has 0 aliphatic heterocycles. The summed E-state index contributed by atoms with van der Waals surface area (Å²) in [5.74, 6) is 0. The van der Waals surface area contributed by atoms with E-state index in [1.54, 1.807) is 11.3 Å². The molecule has 0 aliphatic carbocycles. The zero-order chi connectivity index (χ0) is 12.3. The molecule has 0 saturated heterocycles. The highest BCUT2D eigenvalue weighted by Crippen LogP contribution is 2.13. The normalized spacial score (nSPS) is 12.5. The van der Waals surface area contributed by atoms with Crippen molar-refractivity contribution < 1.29 is 0 Å². The number of hydrogen-bond donors (Lipinski definition) is 1. The molecule has 0 aliphatic rings. The summed E-state index contributed by atoms with van der Waals surface area (Å²) in [5.41, 5.74) is 1.48. The van der Waals surface area contributed by atoms with Crippen LogP contribution in [-0.4, -0.2) is 12.6 Å². The fourth-order valence-electron chi connectivity index (χ4n) is 2.11. The Morgan fingerprint density at radius 3 is 2.94 bits per heavy atom. The molecule has 0 aromatic carbocycles. The Bertz CT molecular complexity index is 279. The molecule has 96 valence electrons. The second-order valence-electron chi connectivity index (χ2n) is 4.52. The number of hydrogen-bond acceptors (Lipinski definition) is 2. The Morgan fingerprint density at radius 2 is 2.29 bits per heavy atom. The lowest BCUT2D eigenvalue weighted by Gasteiger charge is -2.17. The lowest BCUT2D eigenvalue weighted by atomic mass is 10.0. The van der Waals surface area contributed by atoms with Gasteiger partial charge in [0.15, 0.2) is 0 Å². The number of allylic oxidation sites excluding steroid dienone is 1. The Balaban J connectivity index is 2.20. The highest BCUT2D eigenvalue weighted by molar-refractivity contribution is 7.07. The van der Waals surface area contributed by atoms with Crippen LogP contribution in [0.5, 0.6) is 0 Å². The van der Waals surface area contributed by atoms with Crippen LogP contribution >= 0.6 is 11.3 Å². The third-order valence-corrected chi connectivity index (χ3v) is 3.75. The minimum absolute atomic E-state index is 0.651. The molecule has 1 heterocycles. The summed E-state index contributed by atoms with van der Waals surface area (Å²) in [6.45, 7) is 7.03. The molecule has 1 rings (SSSR count). The molecular weight excluding hydrogens is 226 g/mol. The lowest BCUT2D eigenvalue weighted by Crippen LogP contribution is -2.30. The SMILES string of the molecule is C=CCCCCCC(Cc1ccsc1)NCC. The summed E-state index contributed by atoms with van der Waals surface area (Å²) in [5, 5.41) is 8.03. The summed E-state index contributed by atoms with van der Waals surface area (Å²) in [6, 6.07) is 2.89. The molecule has 1 aromatic rings. The monoisotopic (exact) mass is 251 g/mol. The number of nitrogens with one attached hydrogen (secondary N) is 1. The Kier molecular flexibility index (Phi) is 8.02. The van der Waals surface area contributed by atoms with E-state index in [9.17, 15) is 0 Å². The average Bonchev–Trinajstić information content (AvgIpc) is 2.82. The van der Waals surface area contributed by atoms with Gasteiger partial charge in [-0.25, -0.2) is 0 Å². The standard InChI is InChI=1S/C15H25NS/c1-3-5-6-7-8-9-15(16-4-2)12-14-10-11-17-13-14/h3,10-11,13,15-16H,1,4-9,12H2,2H3. The molecule has 17 heavy (non-hydrogen) atoms. The minimum atomic E-state index is 0.651. The van der Waals surface area contributed by atoms with E-state index in [0.717, 1.165) is 13.0 Å². The van der Waals surface area contributed by atoms with Gasteiger partial charge in [-0.3, -0.25) is 0 Å². The lowest BCUT2D eigenvalue weighted by molar-refractivity contribution is 0.465. The van der Waals surface area contributed by atoms with Crippen molar-refractivity contribution in [2.45, 2.75) is 51.5 Å². The molecule has 0 radical (unpaired) electrons. The van der Waals surface area contributed by atoms with Gasteiger partial charge in [0.1, 0.15) is 0 Å². The van der Waals surface area contributed by atoms with Gasteiger partial charge < -0.3 is 5.32 Å². The zero-order valence-corrected chi connectivity index (χ0v) is 11.8. The van der Waals surface area contributed by atoms with Crippen LogP contribution < -0.4 is 5.32 Å². The maximum atomic E-state index is 3.76. The molecule has 2 heteroatoms. The summed E-state index contributed by atoms with van der Waals surface area (Å²) in [6.07, 6.45) is 9.61. The van der Waals surface area contributed by atoms with Crippen LogP contribution in [-0.2, 0) is 6.42 Å². The molecule has 1 aromatic heterocycles. The van der Waals surface area contributed by atoms with Gasteiger partial charge in [-0.1, -0.05) is 25.8 Å². The van der Waals surface area contributed by atoms with Crippen LogP contribution in [0.3, 0.4) is 0 Å². The van der Waals surface area contributed by atoms with Gasteiger partial charge in [-0.2, -0.15) is 11.3 Å². The number of likely N-dealkylation sites (N-methyl/N-ethyl adjacent to an activating group) is 1. The van der Waals surface area contributed by atoms with Crippen molar-refractivity contribution in [3.05, 3.63) is 35.0 Å². The molecular formula is C15H25NS. The Morgan fingerprint density at radius 1 is 1.41 bits per heavy atom. The third-order valence-electron chi connectivity index (χ3n) is 3.02. The van der Waals surface area contributed by atoms with Gasteiger partial charge in [0.2, 0.25) is 0 Å². The topological polar surface area (TPSA) is 12.0 Å². The molecule has 0 saturated carbocycles. The van der Waals surface area contributed by atoms with Crippen molar-refractivity contribution in [1.82, 2.24) is 5.32 Å². The Hall–Kier alpha value is -0.600. The summed E-state index contributed by atoms with van der Waals surface area (Å²) < 4.78 is 0. The first kappa shape index (κ1) is 14.5. The zero-order valence-electron chi connectivity index (χ0n) is 11.0. The van der Waals surface area contributed by atoms with Crippen molar-refractivity contribution in [1.29, 1.82) is 0 Å². The molecule has 0 spiro atoms. The first-order valence-electron chi connectivity index (χ1n) is 6.72. The fourth-order valence-corrected chi connectivity index (χ4v) is 2.80. The maximum Gasteiger partial charge on any atom is 0.0108 e. The van der Waals surface area contributed by atoms with Crippen molar-refractivity contribution in [2.75, 3.05) is 6.54 Å². The van der Waals surface area contributed by atoms with Crippen molar-refractivity contribution >= 4 is 11.3 Å². The van der Waals surface area contributed by atoms with Crippen LogP contribution in [0.2, 0.25) is 0 Å². The molecule has 1 nitrogen and oxygen atoms in total. The van der Waals surface area contributed by atoms with Gasteiger partial charge in [0.25, 0.3) is 0 Å². The van der Waals surface area contributed by atoms with Gasteiger partial charge >= 0.3 is 0 Å². The van der Waals surface area contributed by atoms with Crippen molar-refractivity contribution in [3.63, 3.8) is 0 Å². The van der Waals surface area contributed by atoms with E-state index < -0.39 is 0 Å². The van der Waals surface area contributed by atoms with Crippen LogP contribution in [0.1, 0.15) is 44.6 Å². The van der Waals surface area contributed by atoms with E-state index in [2.05, 4.69) is 35.6 Å². The Labute approximate surface area is 110 Å². The predicted molar refractivity (Wildman–Crippen MR) is 78.8 cm³/mol. The molecule has 0 amide bonds. The van der Waals surface area contributed by atoms with E-state index in [1.165, 1.54) is 37.7 Å². The number of thiophene rings is 1. The van der Waals surface area contributed by atoms with E-state index >= 15 is 0 Å². The first-order valence-corrected chi connectivity index (χ1v) is 7.66. The van der Waals surface area contributed by atoms with Gasteiger partial charge in [-0.15, -0.1) is 6.58 Å². The van der Waals surface area contributed by atoms with Crippen molar-refractivity contribution in [2.24, 2.45) is 0 Å². The van der Waals surface area contributed by atoms with Gasteiger partial charge in [0.05, 0.1) is 0 Å². The van der Waals surface area contributed by atoms with Crippen LogP contribution in [0.4, 0.5) is 0 Å². The van der Waals surface area contributed by atoms with E-state index in [-0.39, 0.29) is 0 Å². The van der Waals surface area contributed by atoms with Crippen LogP contribution in [0.25, 0.3) is 0 Å². The average molecular weight is 251 g/mol. The van der Waals surface area contributed by atoms with Crippen LogP contribution in [0, 0.1) is 0 Å².